The Morgan fingerprint density at radius 3 is 2.24 bits per heavy atom. The fourth-order valence-electron chi connectivity index (χ4n) is 2.17. The van der Waals surface area contributed by atoms with Gasteiger partial charge in [-0.1, -0.05) is 6.92 Å². The highest BCUT2D eigenvalue weighted by atomic mass is 32.2. The van der Waals surface area contributed by atoms with E-state index in [9.17, 15) is 16.8 Å². The molecule has 0 spiro atoms. The number of hydrogen-bond acceptors (Lipinski definition) is 6. The van der Waals surface area contributed by atoms with Gasteiger partial charge in [-0.2, -0.15) is 9.57 Å². The summed E-state index contributed by atoms with van der Waals surface area (Å²) in [5, 5.41) is 8.77. The maximum absolute atomic E-state index is 12.8. The van der Waals surface area contributed by atoms with Crippen molar-refractivity contribution < 1.29 is 21.3 Å². The second-order valence-electron chi connectivity index (χ2n) is 5.20. The Hall–Kier alpha value is -2.15. The van der Waals surface area contributed by atoms with Crippen LogP contribution >= 0.6 is 0 Å². The van der Waals surface area contributed by atoms with Crippen LogP contribution in [0.15, 0.2) is 56.9 Å². The van der Waals surface area contributed by atoms with E-state index in [1.807, 2.05) is 6.07 Å². The van der Waals surface area contributed by atoms with Crippen molar-refractivity contribution in [1.82, 2.24) is 4.31 Å². The molecule has 2 rings (SSSR count). The number of benzene rings is 1. The van der Waals surface area contributed by atoms with Crippen molar-refractivity contribution in [1.29, 1.82) is 5.26 Å². The zero-order valence-corrected chi connectivity index (χ0v) is 15.3. The minimum atomic E-state index is -3.89. The standard InChI is InChI=1S/C16H18N2O5S2/c1-2-24(19,20)15-6-8-16(9-7-15)25(21,22)18(11-4-10-17)13-14-5-3-12-23-14/h3,5-9,12H,2,4,11,13H2,1H3. The smallest absolute Gasteiger partial charge is 0.243 e. The molecule has 0 bridgehead atoms. The van der Waals surface area contributed by atoms with E-state index in [2.05, 4.69) is 0 Å². The highest BCUT2D eigenvalue weighted by molar-refractivity contribution is 7.91. The molecule has 1 aromatic heterocycles. The lowest BCUT2D eigenvalue weighted by Gasteiger charge is -2.20. The molecule has 0 saturated heterocycles. The molecule has 0 aliphatic rings. The Balaban J connectivity index is 2.34. The molecular weight excluding hydrogens is 364 g/mol. The Morgan fingerprint density at radius 1 is 1.08 bits per heavy atom. The second kappa shape index (κ2) is 7.82. The first-order valence-electron chi connectivity index (χ1n) is 7.53. The van der Waals surface area contributed by atoms with E-state index in [1.165, 1.54) is 37.5 Å². The monoisotopic (exact) mass is 382 g/mol. The maximum Gasteiger partial charge on any atom is 0.243 e. The van der Waals surface area contributed by atoms with Gasteiger partial charge in [0.1, 0.15) is 5.76 Å². The van der Waals surface area contributed by atoms with Crippen LogP contribution in [0, 0.1) is 11.3 Å². The predicted octanol–water partition coefficient (Wildman–Crippen LogP) is 2.18. The van der Waals surface area contributed by atoms with Crippen molar-refractivity contribution >= 4 is 19.9 Å². The molecule has 134 valence electrons. The lowest BCUT2D eigenvalue weighted by molar-refractivity contribution is 0.368. The Bertz CT molecular complexity index is 941. The van der Waals surface area contributed by atoms with Crippen LogP contribution < -0.4 is 0 Å². The summed E-state index contributed by atoms with van der Waals surface area (Å²) >= 11 is 0. The van der Waals surface area contributed by atoms with E-state index >= 15 is 0 Å². The molecule has 1 heterocycles. The Kier molecular flexibility index (Phi) is 6.00. The quantitative estimate of drug-likeness (QED) is 0.692. The number of furan rings is 1. The first-order valence-corrected chi connectivity index (χ1v) is 10.6. The van der Waals surface area contributed by atoms with Gasteiger partial charge in [0.2, 0.25) is 10.0 Å². The molecule has 0 amide bonds. The molecule has 0 radical (unpaired) electrons. The molecule has 0 atom stereocenters. The fourth-order valence-corrected chi connectivity index (χ4v) is 4.46. The molecular formula is C16H18N2O5S2. The van der Waals surface area contributed by atoms with E-state index in [0.717, 1.165) is 4.31 Å². The van der Waals surface area contributed by atoms with Crippen molar-refractivity contribution in [3.05, 3.63) is 48.4 Å². The van der Waals surface area contributed by atoms with Gasteiger partial charge < -0.3 is 4.42 Å². The molecule has 2 aromatic rings. The third-order valence-electron chi connectivity index (χ3n) is 3.59. The fraction of sp³-hybridized carbons (Fsp3) is 0.312. The highest BCUT2D eigenvalue weighted by Gasteiger charge is 2.26. The van der Waals surface area contributed by atoms with Crippen LogP contribution in [0.3, 0.4) is 0 Å². The summed E-state index contributed by atoms with van der Waals surface area (Å²) in [5.41, 5.74) is 0. The molecule has 0 aliphatic carbocycles. The molecule has 7 nitrogen and oxygen atoms in total. The number of sulfonamides is 1. The number of rotatable bonds is 8. The van der Waals surface area contributed by atoms with Crippen molar-refractivity contribution in [2.24, 2.45) is 0 Å². The first-order chi connectivity index (χ1) is 11.8. The minimum absolute atomic E-state index is 0.00791. The highest BCUT2D eigenvalue weighted by Crippen LogP contribution is 2.21. The predicted molar refractivity (Wildman–Crippen MR) is 90.7 cm³/mol. The summed E-state index contributed by atoms with van der Waals surface area (Å²) in [5.74, 6) is 0.387. The summed E-state index contributed by atoms with van der Waals surface area (Å²) in [6.07, 6.45) is 1.47. The minimum Gasteiger partial charge on any atom is -0.468 e. The van der Waals surface area contributed by atoms with Crippen LogP contribution in [0.25, 0.3) is 0 Å². The van der Waals surface area contributed by atoms with E-state index in [4.69, 9.17) is 9.68 Å². The van der Waals surface area contributed by atoms with Crippen molar-refractivity contribution in [3.8, 4) is 6.07 Å². The molecule has 0 fully saturated rings. The topological polar surface area (TPSA) is 108 Å². The van der Waals surface area contributed by atoms with Gasteiger partial charge in [-0.25, -0.2) is 16.8 Å². The number of nitrogens with zero attached hydrogens (tertiary/aromatic N) is 2. The van der Waals surface area contributed by atoms with E-state index < -0.39 is 19.9 Å². The first kappa shape index (κ1) is 19.2. The third kappa shape index (κ3) is 4.48. The molecule has 0 N–H and O–H groups in total. The van der Waals surface area contributed by atoms with Crippen LogP contribution in [0.2, 0.25) is 0 Å². The van der Waals surface area contributed by atoms with Crippen LogP contribution in [0.4, 0.5) is 0 Å². The van der Waals surface area contributed by atoms with Crippen LogP contribution in [0.5, 0.6) is 0 Å². The third-order valence-corrected chi connectivity index (χ3v) is 7.20. The van der Waals surface area contributed by atoms with Gasteiger partial charge >= 0.3 is 0 Å². The summed E-state index contributed by atoms with van der Waals surface area (Å²) in [7, 11) is -7.29. The summed E-state index contributed by atoms with van der Waals surface area (Å²) < 4.78 is 55.6. The zero-order chi connectivity index (χ0) is 18.5. The number of nitriles is 1. The van der Waals surface area contributed by atoms with Gasteiger partial charge in [-0.05, 0) is 36.4 Å². The van der Waals surface area contributed by atoms with Gasteiger partial charge in [0.25, 0.3) is 0 Å². The maximum atomic E-state index is 12.8. The van der Waals surface area contributed by atoms with Gasteiger partial charge in [0, 0.05) is 13.0 Å². The van der Waals surface area contributed by atoms with Gasteiger partial charge in [0.15, 0.2) is 9.84 Å². The van der Waals surface area contributed by atoms with E-state index in [-0.39, 0.29) is 35.1 Å². The van der Waals surface area contributed by atoms with Crippen molar-refractivity contribution in [2.45, 2.75) is 29.7 Å². The Labute approximate surface area is 147 Å². The second-order valence-corrected chi connectivity index (χ2v) is 9.42. The molecule has 25 heavy (non-hydrogen) atoms. The van der Waals surface area contributed by atoms with Crippen molar-refractivity contribution in [2.75, 3.05) is 12.3 Å². The molecule has 0 aliphatic heterocycles. The SMILES string of the molecule is CCS(=O)(=O)c1ccc(S(=O)(=O)N(CCC#N)Cc2ccco2)cc1. The normalized spacial score (nSPS) is 12.2. The lowest BCUT2D eigenvalue weighted by Crippen LogP contribution is -2.31. The van der Waals surface area contributed by atoms with Gasteiger partial charge in [-0.15, -0.1) is 0 Å². The summed E-state index contributed by atoms with van der Waals surface area (Å²) in [6.45, 7) is 1.52. The van der Waals surface area contributed by atoms with Gasteiger partial charge in [0.05, 0.1) is 34.4 Å². The van der Waals surface area contributed by atoms with E-state index in [0.29, 0.717) is 5.76 Å². The van der Waals surface area contributed by atoms with Crippen LogP contribution in [-0.4, -0.2) is 33.4 Å². The largest absolute Gasteiger partial charge is 0.468 e. The Morgan fingerprint density at radius 2 is 1.72 bits per heavy atom. The zero-order valence-electron chi connectivity index (χ0n) is 13.6. The number of hydrogen-bond donors (Lipinski definition) is 0. The van der Waals surface area contributed by atoms with Crippen molar-refractivity contribution in [3.63, 3.8) is 0 Å². The average Bonchev–Trinajstić information content (AvgIpc) is 3.11. The molecule has 0 saturated carbocycles. The van der Waals surface area contributed by atoms with Crippen LogP contribution in [0.1, 0.15) is 19.1 Å². The van der Waals surface area contributed by atoms with E-state index in [1.54, 1.807) is 12.1 Å². The van der Waals surface area contributed by atoms with Gasteiger partial charge in [-0.3, -0.25) is 0 Å². The molecule has 9 heteroatoms. The summed E-state index contributed by atoms with van der Waals surface area (Å²) in [6, 6.07) is 10.3. The molecule has 1 aromatic carbocycles. The average molecular weight is 382 g/mol. The van der Waals surface area contributed by atoms with Crippen LogP contribution in [-0.2, 0) is 26.4 Å². The number of sulfone groups is 1. The molecule has 0 unspecified atom stereocenters. The summed E-state index contributed by atoms with van der Waals surface area (Å²) in [4.78, 5) is 0.0376. The lowest BCUT2D eigenvalue weighted by atomic mass is 10.4.